The molecule has 0 aliphatic rings. The first-order chi connectivity index (χ1) is 12.0. The Morgan fingerprint density at radius 3 is 2.24 bits per heavy atom. The van der Waals surface area contributed by atoms with E-state index in [1.54, 1.807) is 0 Å². The third-order valence-electron chi connectivity index (χ3n) is 3.81. The van der Waals surface area contributed by atoms with E-state index in [4.69, 9.17) is 0 Å². The van der Waals surface area contributed by atoms with Gasteiger partial charge in [-0.15, -0.1) is 11.8 Å². The molecule has 0 aliphatic carbocycles. The molecule has 0 saturated heterocycles. The first kappa shape index (κ1) is 19.1. The van der Waals surface area contributed by atoms with Crippen molar-refractivity contribution in [1.82, 2.24) is 5.32 Å². The number of carbonyl (C=O) groups excluding carboxylic acids is 2. The molecule has 5 heteroatoms. The van der Waals surface area contributed by atoms with Gasteiger partial charge in [-0.3, -0.25) is 9.59 Å². The van der Waals surface area contributed by atoms with E-state index in [2.05, 4.69) is 29.7 Å². The predicted octanol–water partition coefficient (Wildman–Crippen LogP) is 4.05. The molecule has 0 spiro atoms. The SMILES string of the molecule is CC(=O)Nc1ccc(SC(C)C(=O)NCC(C)c2ccccc2)cc1. The molecular weight excluding hydrogens is 332 g/mol. The fourth-order valence-corrected chi connectivity index (χ4v) is 3.27. The summed E-state index contributed by atoms with van der Waals surface area (Å²) in [5.41, 5.74) is 1.97. The standard InChI is InChI=1S/C20H24N2O2S/c1-14(17-7-5-4-6-8-17)13-21-20(24)15(2)25-19-11-9-18(10-12-19)22-16(3)23/h4-12,14-15H,13H2,1-3H3,(H,21,24)(H,22,23). The minimum absolute atomic E-state index is 0.0266. The lowest BCUT2D eigenvalue weighted by molar-refractivity contribution is -0.120. The molecule has 0 aliphatic heterocycles. The molecule has 0 fully saturated rings. The molecule has 132 valence electrons. The molecule has 2 aromatic carbocycles. The van der Waals surface area contributed by atoms with Crippen LogP contribution in [0, 0.1) is 0 Å². The number of benzene rings is 2. The second kappa shape index (κ2) is 9.28. The summed E-state index contributed by atoms with van der Waals surface area (Å²) in [4.78, 5) is 24.3. The van der Waals surface area contributed by atoms with Crippen LogP contribution in [0.4, 0.5) is 5.69 Å². The monoisotopic (exact) mass is 356 g/mol. The number of thioether (sulfide) groups is 1. The van der Waals surface area contributed by atoms with Crippen LogP contribution in [-0.2, 0) is 9.59 Å². The van der Waals surface area contributed by atoms with Gasteiger partial charge in [-0.2, -0.15) is 0 Å². The van der Waals surface area contributed by atoms with E-state index in [9.17, 15) is 9.59 Å². The summed E-state index contributed by atoms with van der Waals surface area (Å²) in [6.07, 6.45) is 0. The second-order valence-electron chi connectivity index (χ2n) is 6.02. The highest BCUT2D eigenvalue weighted by atomic mass is 32.2. The Labute approximate surface area is 153 Å². The van der Waals surface area contributed by atoms with Crippen LogP contribution in [0.2, 0.25) is 0 Å². The van der Waals surface area contributed by atoms with Crippen molar-refractivity contribution in [2.45, 2.75) is 36.8 Å². The Morgan fingerprint density at radius 1 is 1.00 bits per heavy atom. The van der Waals surface area contributed by atoms with E-state index in [1.165, 1.54) is 24.2 Å². The second-order valence-corrected chi connectivity index (χ2v) is 7.44. The molecule has 25 heavy (non-hydrogen) atoms. The predicted molar refractivity (Wildman–Crippen MR) is 104 cm³/mol. The van der Waals surface area contributed by atoms with E-state index in [0.717, 1.165) is 10.6 Å². The molecule has 2 rings (SSSR count). The zero-order valence-corrected chi connectivity index (χ0v) is 15.6. The molecular formula is C20H24N2O2S. The van der Waals surface area contributed by atoms with Gasteiger partial charge in [0.15, 0.2) is 0 Å². The lowest BCUT2D eigenvalue weighted by Crippen LogP contribution is -2.33. The zero-order valence-electron chi connectivity index (χ0n) is 14.8. The van der Waals surface area contributed by atoms with Crippen LogP contribution in [-0.4, -0.2) is 23.6 Å². The number of anilines is 1. The third-order valence-corrected chi connectivity index (χ3v) is 4.92. The summed E-state index contributed by atoms with van der Waals surface area (Å²) < 4.78 is 0. The summed E-state index contributed by atoms with van der Waals surface area (Å²) in [6, 6.07) is 17.7. The number of nitrogens with one attached hydrogen (secondary N) is 2. The zero-order chi connectivity index (χ0) is 18.2. The van der Waals surface area contributed by atoms with Crippen molar-refractivity contribution in [3.05, 3.63) is 60.2 Å². The van der Waals surface area contributed by atoms with E-state index in [-0.39, 0.29) is 23.0 Å². The number of hydrogen-bond acceptors (Lipinski definition) is 3. The van der Waals surface area contributed by atoms with E-state index in [0.29, 0.717) is 6.54 Å². The Hall–Kier alpha value is -2.27. The van der Waals surface area contributed by atoms with Gasteiger partial charge in [-0.1, -0.05) is 37.3 Å². The average Bonchev–Trinajstić information content (AvgIpc) is 2.61. The fourth-order valence-electron chi connectivity index (χ4n) is 2.37. The molecule has 2 aromatic rings. The van der Waals surface area contributed by atoms with Crippen LogP contribution in [0.5, 0.6) is 0 Å². The summed E-state index contributed by atoms with van der Waals surface area (Å²) in [5.74, 6) is 0.207. The first-order valence-electron chi connectivity index (χ1n) is 8.32. The largest absolute Gasteiger partial charge is 0.355 e. The number of hydrogen-bond donors (Lipinski definition) is 2. The van der Waals surface area contributed by atoms with E-state index >= 15 is 0 Å². The molecule has 0 heterocycles. The van der Waals surface area contributed by atoms with Crippen LogP contribution < -0.4 is 10.6 Å². The van der Waals surface area contributed by atoms with Gasteiger partial charge in [0.25, 0.3) is 0 Å². The lowest BCUT2D eigenvalue weighted by atomic mass is 10.0. The van der Waals surface area contributed by atoms with Crippen LogP contribution in [0.3, 0.4) is 0 Å². The maximum absolute atomic E-state index is 12.3. The molecule has 2 N–H and O–H groups in total. The van der Waals surface area contributed by atoms with Crippen LogP contribution >= 0.6 is 11.8 Å². The Balaban J connectivity index is 1.82. The number of amides is 2. The van der Waals surface area contributed by atoms with Crippen molar-refractivity contribution in [3.8, 4) is 0 Å². The van der Waals surface area contributed by atoms with Gasteiger partial charge in [-0.05, 0) is 42.7 Å². The van der Waals surface area contributed by atoms with Gasteiger partial charge in [0.1, 0.15) is 0 Å². The molecule has 4 nitrogen and oxygen atoms in total. The van der Waals surface area contributed by atoms with Crippen molar-refractivity contribution < 1.29 is 9.59 Å². The van der Waals surface area contributed by atoms with Crippen molar-refractivity contribution in [1.29, 1.82) is 0 Å². The molecule has 2 amide bonds. The van der Waals surface area contributed by atoms with E-state index < -0.39 is 0 Å². The maximum atomic E-state index is 12.3. The lowest BCUT2D eigenvalue weighted by Gasteiger charge is -2.16. The Kier molecular flexibility index (Phi) is 7.07. The van der Waals surface area contributed by atoms with Crippen LogP contribution in [0.15, 0.2) is 59.5 Å². The number of carbonyl (C=O) groups is 2. The van der Waals surface area contributed by atoms with Gasteiger partial charge in [0.2, 0.25) is 11.8 Å². The maximum Gasteiger partial charge on any atom is 0.233 e. The highest BCUT2D eigenvalue weighted by molar-refractivity contribution is 8.00. The molecule has 2 atom stereocenters. The number of rotatable bonds is 7. The van der Waals surface area contributed by atoms with Crippen molar-refractivity contribution in [2.24, 2.45) is 0 Å². The van der Waals surface area contributed by atoms with Crippen molar-refractivity contribution in [2.75, 3.05) is 11.9 Å². The molecule has 2 unspecified atom stereocenters. The average molecular weight is 356 g/mol. The normalized spacial score (nSPS) is 12.9. The van der Waals surface area contributed by atoms with Crippen molar-refractivity contribution in [3.63, 3.8) is 0 Å². The van der Waals surface area contributed by atoms with E-state index in [1.807, 2.05) is 49.4 Å². The first-order valence-corrected chi connectivity index (χ1v) is 9.20. The Bertz CT molecular complexity index is 701. The van der Waals surface area contributed by atoms with Crippen LogP contribution in [0.1, 0.15) is 32.3 Å². The summed E-state index contributed by atoms with van der Waals surface area (Å²) >= 11 is 1.50. The molecule has 0 radical (unpaired) electrons. The molecule has 0 aromatic heterocycles. The summed E-state index contributed by atoms with van der Waals surface area (Å²) in [7, 11) is 0. The quantitative estimate of drug-likeness (QED) is 0.736. The summed E-state index contributed by atoms with van der Waals surface area (Å²) in [6.45, 7) is 6.10. The van der Waals surface area contributed by atoms with Gasteiger partial charge < -0.3 is 10.6 Å². The highest BCUT2D eigenvalue weighted by Gasteiger charge is 2.15. The Morgan fingerprint density at radius 2 is 1.64 bits per heavy atom. The topological polar surface area (TPSA) is 58.2 Å². The van der Waals surface area contributed by atoms with Gasteiger partial charge >= 0.3 is 0 Å². The van der Waals surface area contributed by atoms with Gasteiger partial charge in [0, 0.05) is 24.1 Å². The summed E-state index contributed by atoms with van der Waals surface area (Å²) in [5, 5.41) is 5.56. The third kappa shape index (κ3) is 6.27. The van der Waals surface area contributed by atoms with Crippen LogP contribution in [0.25, 0.3) is 0 Å². The fraction of sp³-hybridized carbons (Fsp3) is 0.300. The molecule has 0 saturated carbocycles. The van der Waals surface area contributed by atoms with Gasteiger partial charge in [0.05, 0.1) is 5.25 Å². The molecule has 0 bridgehead atoms. The van der Waals surface area contributed by atoms with Crippen molar-refractivity contribution >= 4 is 29.3 Å². The minimum Gasteiger partial charge on any atom is -0.355 e. The highest BCUT2D eigenvalue weighted by Crippen LogP contribution is 2.25. The van der Waals surface area contributed by atoms with Gasteiger partial charge in [-0.25, -0.2) is 0 Å². The minimum atomic E-state index is -0.186. The smallest absolute Gasteiger partial charge is 0.233 e.